The Labute approximate surface area is 329 Å². The van der Waals surface area contributed by atoms with E-state index in [0.717, 1.165) is 39.3 Å². The largest absolute Gasteiger partial charge is 0.264 e. The monoisotopic (exact) mass is 732 g/mol. The molecule has 0 amide bonds. The molecule has 1 aliphatic heterocycles. The van der Waals surface area contributed by atoms with Crippen molar-refractivity contribution in [3.8, 4) is 45.2 Å². The fourth-order valence-corrected chi connectivity index (χ4v) is 9.86. The van der Waals surface area contributed by atoms with Gasteiger partial charge in [0.1, 0.15) is 0 Å². The van der Waals surface area contributed by atoms with Gasteiger partial charge in [-0.25, -0.2) is 9.97 Å². The van der Waals surface area contributed by atoms with Crippen LogP contribution in [0.2, 0.25) is 0 Å². The summed E-state index contributed by atoms with van der Waals surface area (Å²) in [6.45, 7) is 0. The van der Waals surface area contributed by atoms with Crippen LogP contribution in [0.5, 0.6) is 0 Å². The Hall–Kier alpha value is -6.95. The van der Waals surface area contributed by atoms with Gasteiger partial charge in [-0.3, -0.25) is 9.97 Å². The number of rotatable bonds is 4. The summed E-state index contributed by atoms with van der Waals surface area (Å²) in [6.07, 6.45) is 10.1. The van der Waals surface area contributed by atoms with E-state index in [4.69, 9.17) is 15.0 Å². The normalized spacial score (nSPS) is 15.1. The van der Waals surface area contributed by atoms with Gasteiger partial charge in [0, 0.05) is 50.6 Å². The highest BCUT2D eigenvalue weighted by Gasteiger charge is 2.47. The first-order valence-corrected chi connectivity index (χ1v) is 19.6. The highest BCUT2D eigenvalue weighted by atomic mass is 32.2. The van der Waals surface area contributed by atoms with Crippen LogP contribution in [0, 0.1) is 0 Å². The lowest BCUT2D eigenvalue weighted by atomic mass is 9.63. The molecule has 56 heavy (non-hydrogen) atoms. The van der Waals surface area contributed by atoms with Crippen LogP contribution in [0.4, 0.5) is 0 Å². The van der Waals surface area contributed by atoms with Crippen LogP contribution < -0.4 is 0 Å². The van der Waals surface area contributed by atoms with Gasteiger partial charge in [-0.15, -0.1) is 0 Å². The van der Waals surface area contributed by atoms with Crippen LogP contribution in [-0.2, 0) is 5.41 Å². The Kier molecular flexibility index (Phi) is 7.61. The van der Waals surface area contributed by atoms with Gasteiger partial charge >= 0.3 is 0 Å². The molecule has 11 rings (SSSR count). The second-order valence-electron chi connectivity index (χ2n) is 14.2. The van der Waals surface area contributed by atoms with Gasteiger partial charge in [0.25, 0.3) is 0 Å². The van der Waals surface area contributed by atoms with E-state index in [1.165, 1.54) is 53.9 Å². The number of hydrogen-bond acceptors (Lipinski definition) is 5. The molecule has 1 atom stereocenters. The topological polar surface area (TPSA) is 51.6 Å². The third-order valence-electron chi connectivity index (χ3n) is 11.1. The van der Waals surface area contributed by atoms with Crippen molar-refractivity contribution in [2.75, 3.05) is 0 Å². The lowest BCUT2D eigenvalue weighted by molar-refractivity contribution is 0.704. The third-order valence-corrected chi connectivity index (χ3v) is 12.3. The van der Waals surface area contributed by atoms with Gasteiger partial charge in [0.15, 0.2) is 5.82 Å². The number of benzene rings is 6. The Morgan fingerprint density at radius 2 is 1.16 bits per heavy atom. The summed E-state index contributed by atoms with van der Waals surface area (Å²) in [6, 6.07) is 58.6. The summed E-state index contributed by atoms with van der Waals surface area (Å²) >= 11 is 1.88. The Morgan fingerprint density at radius 3 is 2.00 bits per heavy atom. The van der Waals surface area contributed by atoms with E-state index < -0.39 is 5.41 Å². The highest BCUT2D eigenvalue weighted by molar-refractivity contribution is 7.99. The fraction of sp³-hybridized carbons (Fsp3) is 0.0196. The zero-order valence-corrected chi connectivity index (χ0v) is 31.0. The Bertz CT molecular complexity index is 3000. The van der Waals surface area contributed by atoms with E-state index in [9.17, 15) is 0 Å². The summed E-state index contributed by atoms with van der Waals surface area (Å²) in [4.78, 5) is 22.1. The molecule has 1 aliphatic carbocycles. The molecule has 9 aromatic rings. The molecule has 4 heterocycles. The lowest BCUT2D eigenvalue weighted by Gasteiger charge is -2.43. The third kappa shape index (κ3) is 5.16. The predicted octanol–water partition coefficient (Wildman–Crippen LogP) is 12.4. The van der Waals surface area contributed by atoms with Gasteiger partial charge in [-0.05, 0) is 86.6 Å². The maximum Gasteiger partial charge on any atom is 0.160 e. The second-order valence-corrected chi connectivity index (χ2v) is 15.3. The molecule has 3 aromatic heterocycles. The first kappa shape index (κ1) is 32.5. The second kappa shape index (κ2) is 13.1. The van der Waals surface area contributed by atoms with Crippen molar-refractivity contribution in [3.63, 3.8) is 0 Å². The van der Waals surface area contributed by atoms with Crippen molar-refractivity contribution < 1.29 is 0 Å². The standard InChI is InChI=1S/C51H32N4S/c1-2-13-36(14-3-1)50-54-46(30-47(55-50)39-25-27-45(53-32-39)38-15-10-28-52-31-38)37-23-22-35-21-20-34-12-5-7-17-41(34)51(44(35)29-37)42-18-8-9-19-48(42)56-49-40-16-6-4-11-33(40)24-26-43(49)51/h1-32H. The van der Waals surface area contributed by atoms with E-state index in [2.05, 4.69) is 145 Å². The minimum atomic E-state index is -0.600. The summed E-state index contributed by atoms with van der Waals surface area (Å²) < 4.78 is 0. The zero-order valence-electron chi connectivity index (χ0n) is 30.2. The van der Waals surface area contributed by atoms with E-state index in [0.29, 0.717) is 5.82 Å². The van der Waals surface area contributed by atoms with E-state index in [-0.39, 0.29) is 0 Å². The Balaban J connectivity index is 1.17. The number of hydrogen-bond donors (Lipinski definition) is 0. The molecule has 5 heteroatoms. The van der Waals surface area contributed by atoms with Crippen molar-refractivity contribution in [1.82, 2.24) is 19.9 Å². The van der Waals surface area contributed by atoms with Crippen molar-refractivity contribution in [3.05, 3.63) is 216 Å². The SMILES string of the molecule is C1=Cc2ccc(-c3cc(-c4ccc(-c5cccnc5)nc4)nc(-c4ccccc4)n3)cc2C2(c3ccccc31)c1ccccc1Sc1c2ccc2ccccc12. The highest BCUT2D eigenvalue weighted by Crippen LogP contribution is 2.59. The molecule has 1 spiro atoms. The average molecular weight is 733 g/mol. The van der Waals surface area contributed by atoms with E-state index in [1.807, 2.05) is 60.6 Å². The van der Waals surface area contributed by atoms with Crippen LogP contribution >= 0.6 is 11.8 Å². The van der Waals surface area contributed by atoms with Crippen molar-refractivity contribution in [2.24, 2.45) is 0 Å². The first-order valence-electron chi connectivity index (χ1n) is 18.8. The molecule has 0 saturated heterocycles. The first-order chi connectivity index (χ1) is 27.7. The number of nitrogens with zero attached hydrogens (tertiary/aromatic N) is 4. The maximum absolute atomic E-state index is 5.28. The van der Waals surface area contributed by atoms with Crippen molar-refractivity contribution in [2.45, 2.75) is 15.2 Å². The van der Waals surface area contributed by atoms with Crippen LogP contribution in [0.1, 0.15) is 33.4 Å². The minimum Gasteiger partial charge on any atom is -0.264 e. The molecular weight excluding hydrogens is 701 g/mol. The lowest BCUT2D eigenvalue weighted by Crippen LogP contribution is -2.35. The van der Waals surface area contributed by atoms with Crippen LogP contribution in [0.25, 0.3) is 68.1 Å². The summed E-state index contributed by atoms with van der Waals surface area (Å²) in [5.74, 6) is 0.667. The van der Waals surface area contributed by atoms with Crippen LogP contribution in [0.3, 0.4) is 0 Å². The fourth-order valence-electron chi connectivity index (χ4n) is 8.53. The molecule has 0 saturated carbocycles. The molecule has 1 unspecified atom stereocenters. The molecule has 0 radical (unpaired) electrons. The van der Waals surface area contributed by atoms with Crippen molar-refractivity contribution in [1.29, 1.82) is 0 Å². The molecule has 262 valence electrons. The summed E-state index contributed by atoms with van der Waals surface area (Å²) in [5, 5.41) is 2.51. The maximum atomic E-state index is 5.28. The molecule has 0 N–H and O–H groups in total. The summed E-state index contributed by atoms with van der Waals surface area (Å²) in [7, 11) is 0. The smallest absolute Gasteiger partial charge is 0.160 e. The van der Waals surface area contributed by atoms with Crippen LogP contribution in [-0.4, -0.2) is 19.9 Å². The summed E-state index contributed by atoms with van der Waals surface area (Å²) in [5.41, 5.74) is 13.3. The molecular formula is C51H32N4S. The van der Waals surface area contributed by atoms with Gasteiger partial charge in [-0.1, -0.05) is 145 Å². The average Bonchev–Trinajstić information content (AvgIpc) is 3.42. The van der Waals surface area contributed by atoms with Gasteiger partial charge in [0.05, 0.1) is 22.5 Å². The van der Waals surface area contributed by atoms with E-state index >= 15 is 0 Å². The number of pyridine rings is 2. The van der Waals surface area contributed by atoms with Crippen LogP contribution in [0.15, 0.2) is 192 Å². The van der Waals surface area contributed by atoms with Gasteiger partial charge in [0.2, 0.25) is 0 Å². The van der Waals surface area contributed by atoms with Gasteiger partial charge in [-0.2, -0.15) is 0 Å². The minimum absolute atomic E-state index is 0.600. The Morgan fingerprint density at radius 1 is 0.446 bits per heavy atom. The molecule has 0 bridgehead atoms. The van der Waals surface area contributed by atoms with E-state index in [1.54, 1.807) is 6.20 Å². The number of aromatic nitrogens is 4. The predicted molar refractivity (Wildman–Crippen MR) is 228 cm³/mol. The quantitative estimate of drug-likeness (QED) is 0.180. The van der Waals surface area contributed by atoms with Gasteiger partial charge < -0.3 is 0 Å². The molecule has 6 aromatic carbocycles. The molecule has 4 nitrogen and oxygen atoms in total. The van der Waals surface area contributed by atoms with Crippen molar-refractivity contribution >= 4 is 34.7 Å². The number of fused-ring (bicyclic) bond motifs is 10. The molecule has 2 aliphatic rings. The molecule has 0 fully saturated rings. The zero-order chi connectivity index (χ0) is 37.1.